The van der Waals surface area contributed by atoms with Crippen LogP contribution in [0.2, 0.25) is 0 Å². The molecule has 17 heavy (non-hydrogen) atoms. The Morgan fingerprint density at radius 3 is 2.88 bits per heavy atom. The summed E-state index contributed by atoms with van der Waals surface area (Å²) < 4.78 is 5.55. The predicted molar refractivity (Wildman–Crippen MR) is 70.6 cm³/mol. The SMILES string of the molecule is CNC(C)(CC(C)SCC1CCCO1)C(=O)O. The lowest BCUT2D eigenvalue weighted by atomic mass is 9.96. The van der Waals surface area contributed by atoms with Crippen LogP contribution in [0.3, 0.4) is 0 Å². The first-order valence-corrected chi connectivity index (χ1v) is 7.18. The fraction of sp³-hybridized carbons (Fsp3) is 0.917. The number of likely N-dealkylation sites (N-methyl/N-ethyl adjacent to an activating group) is 1. The van der Waals surface area contributed by atoms with Gasteiger partial charge in [-0.05, 0) is 33.2 Å². The molecule has 1 rings (SSSR count). The number of rotatable bonds is 7. The van der Waals surface area contributed by atoms with Gasteiger partial charge in [-0.3, -0.25) is 4.79 Å². The zero-order chi connectivity index (χ0) is 12.9. The number of aliphatic carboxylic acids is 1. The van der Waals surface area contributed by atoms with Gasteiger partial charge in [0.1, 0.15) is 5.54 Å². The molecule has 1 aliphatic heterocycles. The first-order valence-electron chi connectivity index (χ1n) is 6.13. The van der Waals surface area contributed by atoms with E-state index in [0.29, 0.717) is 17.8 Å². The van der Waals surface area contributed by atoms with Crippen LogP contribution < -0.4 is 5.32 Å². The molecule has 1 fully saturated rings. The highest BCUT2D eigenvalue weighted by Crippen LogP contribution is 2.25. The average molecular weight is 261 g/mol. The van der Waals surface area contributed by atoms with E-state index >= 15 is 0 Å². The van der Waals surface area contributed by atoms with Crippen molar-refractivity contribution in [3.8, 4) is 0 Å². The number of carboxylic acid groups (broad SMARTS) is 1. The van der Waals surface area contributed by atoms with Crippen molar-refractivity contribution in [3.05, 3.63) is 0 Å². The maximum Gasteiger partial charge on any atom is 0.323 e. The summed E-state index contributed by atoms with van der Waals surface area (Å²) in [4.78, 5) is 11.2. The van der Waals surface area contributed by atoms with E-state index in [4.69, 9.17) is 9.84 Å². The van der Waals surface area contributed by atoms with Crippen LogP contribution in [0.5, 0.6) is 0 Å². The van der Waals surface area contributed by atoms with E-state index in [0.717, 1.165) is 25.2 Å². The van der Waals surface area contributed by atoms with Crippen molar-refractivity contribution in [3.63, 3.8) is 0 Å². The van der Waals surface area contributed by atoms with Crippen LogP contribution >= 0.6 is 11.8 Å². The van der Waals surface area contributed by atoms with Gasteiger partial charge >= 0.3 is 5.97 Å². The molecule has 0 bridgehead atoms. The highest BCUT2D eigenvalue weighted by Gasteiger charge is 2.33. The lowest BCUT2D eigenvalue weighted by Crippen LogP contribution is -2.49. The normalized spacial score (nSPS) is 25.5. The molecule has 0 saturated carbocycles. The van der Waals surface area contributed by atoms with Gasteiger partial charge in [-0.15, -0.1) is 0 Å². The molecule has 1 heterocycles. The van der Waals surface area contributed by atoms with Crippen molar-refractivity contribution in [2.75, 3.05) is 19.4 Å². The second kappa shape index (κ2) is 6.61. The van der Waals surface area contributed by atoms with Crippen molar-refractivity contribution in [2.24, 2.45) is 0 Å². The van der Waals surface area contributed by atoms with Crippen molar-refractivity contribution >= 4 is 17.7 Å². The van der Waals surface area contributed by atoms with E-state index in [1.165, 1.54) is 0 Å². The molecule has 2 N–H and O–H groups in total. The minimum atomic E-state index is -0.830. The first-order chi connectivity index (χ1) is 7.98. The van der Waals surface area contributed by atoms with Crippen LogP contribution in [-0.2, 0) is 9.53 Å². The second-order valence-corrected chi connectivity index (χ2v) is 6.34. The molecule has 0 aromatic heterocycles. The number of thioether (sulfide) groups is 1. The Balaban J connectivity index is 2.31. The van der Waals surface area contributed by atoms with E-state index < -0.39 is 11.5 Å². The number of hydrogen-bond acceptors (Lipinski definition) is 4. The summed E-state index contributed by atoms with van der Waals surface area (Å²) in [6.45, 7) is 4.69. The van der Waals surface area contributed by atoms with Crippen LogP contribution in [0, 0.1) is 0 Å². The second-order valence-electron chi connectivity index (χ2n) is 4.87. The van der Waals surface area contributed by atoms with Gasteiger partial charge in [-0.2, -0.15) is 11.8 Å². The summed E-state index contributed by atoms with van der Waals surface area (Å²) in [7, 11) is 1.70. The Morgan fingerprint density at radius 2 is 2.41 bits per heavy atom. The molecule has 0 aromatic carbocycles. The third-order valence-corrected chi connectivity index (χ3v) is 4.61. The van der Waals surface area contributed by atoms with E-state index in [2.05, 4.69) is 12.2 Å². The molecule has 0 spiro atoms. The Morgan fingerprint density at radius 1 is 1.71 bits per heavy atom. The Bertz CT molecular complexity index is 256. The van der Waals surface area contributed by atoms with Crippen molar-refractivity contribution in [2.45, 2.75) is 50.0 Å². The zero-order valence-electron chi connectivity index (χ0n) is 10.9. The quantitative estimate of drug-likeness (QED) is 0.731. The van der Waals surface area contributed by atoms with Crippen LogP contribution in [-0.4, -0.2) is 47.4 Å². The number of nitrogens with one attached hydrogen (secondary N) is 1. The summed E-state index contributed by atoms with van der Waals surface area (Å²) in [6, 6.07) is 0. The molecule has 0 aliphatic carbocycles. The molecule has 0 radical (unpaired) electrons. The zero-order valence-corrected chi connectivity index (χ0v) is 11.7. The van der Waals surface area contributed by atoms with E-state index in [-0.39, 0.29) is 0 Å². The number of carbonyl (C=O) groups is 1. The maximum atomic E-state index is 11.2. The van der Waals surface area contributed by atoms with E-state index in [9.17, 15) is 4.79 Å². The van der Waals surface area contributed by atoms with Crippen LogP contribution in [0.1, 0.15) is 33.1 Å². The summed E-state index contributed by atoms with van der Waals surface area (Å²) in [5, 5.41) is 12.4. The number of hydrogen-bond donors (Lipinski definition) is 2. The number of ether oxygens (including phenoxy) is 1. The predicted octanol–water partition coefficient (Wildman–Crippen LogP) is 1.74. The average Bonchev–Trinajstić information content (AvgIpc) is 2.78. The lowest BCUT2D eigenvalue weighted by Gasteiger charge is -2.27. The minimum Gasteiger partial charge on any atom is -0.480 e. The fourth-order valence-corrected chi connectivity index (χ4v) is 3.23. The van der Waals surface area contributed by atoms with Crippen molar-refractivity contribution in [1.29, 1.82) is 0 Å². The maximum absolute atomic E-state index is 11.2. The summed E-state index contributed by atoms with van der Waals surface area (Å²) in [6.07, 6.45) is 3.29. The van der Waals surface area contributed by atoms with Crippen LogP contribution in [0.25, 0.3) is 0 Å². The summed E-state index contributed by atoms with van der Waals surface area (Å²) >= 11 is 1.80. The molecule has 0 aromatic rings. The molecule has 1 saturated heterocycles. The number of carboxylic acids is 1. The third kappa shape index (κ3) is 4.48. The van der Waals surface area contributed by atoms with Gasteiger partial charge in [0.2, 0.25) is 0 Å². The third-order valence-electron chi connectivity index (χ3n) is 3.31. The summed E-state index contributed by atoms with van der Waals surface area (Å²) in [5.41, 5.74) is -0.830. The van der Waals surface area contributed by atoms with Gasteiger partial charge in [-0.1, -0.05) is 6.92 Å². The van der Waals surface area contributed by atoms with Gasteiger partial charge in [0.25, 0.3) is 0 Å². The molecular weight excluding hydrogens is 238 g/mol. The van der Waals surface area contributed by atoms with E-state index in [1.54, 1.807) is 25.7 Å². The molecule has 0 amide bonds. The minimum absolute atomic E-state index is 0.313. The smallest absolute Gasteiger partial charge is 0.323 e. The van der Waals surface area contributed by atoms with Crippen LogP contribution in [0.15, 0.2) is 0 Å². The van der Waals surface area contributed by atoms with E-state index in [1.807, 2.05) is 0 Å². The molecule has 3 atom stereocenters. The molecular formula is C12H23NO3S. The molecule has 5 heteroatoms. The van der Waals surface area contributed by atoms with Crippen LogP contribution in [0.4, 0.5) is 0 Å². The molecule has 3 unspecified atom stereocenters. The monoisotopic (exact) mass is 261 g/mol. The summed E-state index contributed by atoms with van der Waals surface area (Å²) in [5.74, 6) is 0.185. The molecule has 100 valence electrons. The van der Waals surface area contributed by atoms with Gasteiger partial charge in [0.15, 0.2) is 0 Å². The molecule has 1 aliphatic rings. The van der Waals surface area contributed by atoms with Crippen molar-refractivity contribution in [1.82, 2.24) is 5.32 Å². The van der Waals surface area contributed by atoms with Crippen molar-refractivity contribution < 1.29 is 14.6 Å². The Labute approximate surface area is 107 Å². The highest BCUT2D eigenvalue weighted by molar-refractivity contribution is 7.99. The largest absolute Gasteiger partial charge is 0.480 e. The highest BCUT2D eigenvalue weighted by atomic mass is 32.2. The topological polar surface area (TPSA) is 58.6 Å². The van der Waals surface area contributed by atoms with Gasteiger partial charge < -0.3 is 15.2 Å². The van der Waals surface area contributed by atoms with Gasteiger partial charge in [0.05, 0.1) is 6.10 Å². The van der Waals surface area contributed by atoms with Gasteiger partial charge in [-0.25, -0.2) is 0 Å². The Hall–Kier alpha value is -0.260. The fourth-order valence-electron chi connectivity index (χ4n) is 1.98. The molecule has 4 nitrogen and oxygen atoms in total. The Kier molecular flexibility index (Phi) is 5.76. The van der Waals surface area contributed by atoms with Gasteiger partial charge in [0, 0.05) is 17.6 Å². The first kappa shape index (κ1) is 14.8. The lowest BCUT2D eigenvalue weighted by molar-refractivity contribution is -0.144. The standard InChI is InChI=1S/C12H23NO3S/c1-9(7-12(2,13-3)11(14)15)17-8-10-5-4-6-16-10/h9-10,13H,4-8H2,1-3H3,(H,14,15).